The predicted molar refractivity (Wildman–Crippen MR) is 75.7 cm³/mol. The first kappa shape index (κ1) is 15.6. The number of aryl methyl sites for hydroxylation is 1. The molecule has 2 aromatic rings. The molecule has 0 amide bonds. The van der Waals surface area contributed by atoms with Crippen LogP contribution >= 0.6 is 11.3 Å². The zero-order valence-corrected chi connectivity index (χ0v) is 13.0. The average Bonchev–Trinajstić information content (AvgIpc) is 3.07. The molecule has 0 saturated carbocycles. The predicted octanol–water partition coefficient (Wildman–Crippen LogP) is 1.10. The molecule has 8 nitrogen and oxygen atoms in total. The average molecular weight is 330 g/mol. The van der Waals surface area contributed by atoms with Gasteiger partial charge in [0, 0.05) is 18.1 Å². The Hall–Kier alpha value is -1.78. The van der Waals surface area contributed by atoms with E-state index in [-0.39, 0.29) is 10.7 Å². The van der Waals surface area contributed by atoms with E-state index in [4.69, 9.17) is 5.11 Å². The van der Waals surface area contributed by atoms with Crippen molar-refractivity contribution >= 4 is 27.3 Å². The van der Waals surface area contributed by atoms with Crippen LogP contribution in [0.25, 0.3) is 0 Å². The lowest BCUT2D eigenvalue weighted by Crippen LogP contribution is -2.27. The van der Waals surface area contributed by atoms with Gasteiger partial charge in [-0.3, -0.25) is 0 Å². The Kier molecular flexibility index (Phi) is 4.40. The SMILES string of the molecule is CCn1cnc(S(=O)(=O)NC(C)c2nc(C(=O)O)cs2)c1. The molecule has 114 valence electrons. The molecule has 2 rings (SSSR count). The Bertz CT molecular complexity index is 750. The van der Waals surface area contributed by atoms with E-state index in [1.165, 1.54) is 17.9 Å². The third-order valence-corrected chi connectivity index (χ3v) is 5.15. The van der Waals surface area contributed by atoms with Gasteiger partial charge in [0.25, 0.3) is 10.0 Å². The number of rotatable bonds is 6. The van der Waals surface area contributed by atoms with E-state index in [2.05, 4.69) is 14.7 Å². The summed E-state index contributed by atoms with van der Waals surface area (Å²) in [5, 5.41) is 10.5. The van der Waals surface area contributed by atoms with Crippen LogP contribution in [-0.2, 0) is 16.6 Å². The normalized spacial score (nSPS) is 13.2. The molecule has 2 heterocycles. The highest BCUT2D eigenvalue weighted by Gasteiger charge is 2.23. The number of imidazole rings is 1. The fourth-order valence-corrected chi connectivity index (χ4v) is 3.61. The van der Waals surface area contributed by atoms with Crippen molar-refractivity contribution in [3.8, 4) is 0 Å². The molecule has 1 atom stereocenters. The quantitative estimate of drug-likeness (QED) is 0.819. The highest BCUT2D eigenvalue weighted by Crippen LogP contribution is 2.20. The number of hydrogen-bond donors (Lipinski definition) is 2. The van der Waals surface area contributed by atoms with E-state index >= 15 is 0 Å². The minimum absolute atomic E-state index is 0.0776. The van der Waals surface area contributed by atoms with Crippen LogP contribution in [0.5, 0.6) is 0 Å². The van der Waals surface area contributed by atoms with Crippen molar-refractivity contribution in [3.05, 3.63) is 28.6 Å². The van der Waals surface area contributed by atoms with Crippen LogP contribution < -0.4 is 4.72 Å². The Morgan fingerprint density at radius 3 is 2.81 bits per heavy atom. The number of sulfonamides is 1. The summed E-state index contributed by atoms with van der Waals surface area (Å²) in [5.41, 5.74) is -0.101. The van der Waals surface area contributed by atoms with Crippen molar-refractivity contribution in [2.75, 3.05) is 0 Å². The zero-order chi connectivity index (χ0) is 15.6. The molecule has 10 heteroatoms. The largest absolute Gasteiger partial charge is 0.476 e. The first-order chi connectivity index (χ1) is 9.83. The minimum Gasteiger partial charge on any atom is -0.476 e. The molecule has 0 aromatic carbocycles. The Balaban J connectivity index is 2.17. The van der Waals surface area contributed by atoms with Crippen molar-refractivity contribution in [3.63, 3.8) is 0 Å². The number of carboxylic acids is 1. The molecule has 0 aliphatic rings. The van der Waals surface area contributed by atoms with E-state index in [1.54, 1.807) is 11.5 Å². The number of nitrogens with zero attached hydrogens (tertiary/aromatic N) is 3. The van der Waals surface area contributed by atoms with Crippen LogP contribution in [0, 0.1) is 0 Å². The third-order valence-electron chi connectivity index (χ3n) is 2.69. The molecule has 0 radical (unpaired) electrons. The van der Waals surface area contributed by atoms with Crippen LogP contribution in [0.3, 0.4) is 0 Å². The molecule has 0 fully saturated rings. The molecule has 2 aromatic heterocycles. The number of carbonyl (C=O) groups is 1. The lowest BCUT2D eigenvalue weighted by Gasteiger charge is -2.10. The maximum Gasteiger partial charge on any atom is 0.355 e. The number of aromatic nitrogens is 3. The first-order valence-electron chi connectivity index (χ1n) is 6.06. The second-order valence-corrected chi connectivity index (χ2v) is 6.81. The topological polar surface area (TPSA) is 114 Å². The summed E-state index contributed by atoms with van der Waals surface area (Å²) in [4.78, 5) is 18.5. The lowest BCUT2D eigenvalue weighted by atomic mass is 10.4. The standard InChI is InChI=1S/C11H14N4O4S2/c1-3-15-4-9(12-6-15)21(18,19)14-7(2)10-13-8(5-20-10)11(16)17/h4-7,14H,3H2,1-2H3,(H,16,17). The number of thiazole rings is 1. The highest BCUT2D eigenvalue weighted by molar-refractivity contribution is 7.89. The van der Waals surface area contributed by atoms with Gasteiger partial charge < -0.3 is 9.67 Å². The van der Waals surface area contributed by atoms with Crippen LogP contribution in [0.1, 0.15) is 35.4 Å². The fraction of sp³-hybridized carbons (Fsp3) is 0.364. The Morgan fingerprint density at radius 2 is 2.29 bits per heavy atom. The smallest absolute Gasteiger partial charge is 0.355 e. The van der Waals surface area contributed by atoms with Crippen molar-refractivity contribution in [2.24, 2.45) is 0 Å². The Labute approximate surface area is 125 Å². The highest BCUT2D eigenvalue weighted by atomic mass is 32.2. The van der Waals surface area contributed by atoms with Crippen LogP contribution in [0.2, 0.25) is 0 Å². The number of aromatic carboxylic acids is 1. The van der Waals surface area contributed by atoms with E-state index in [0.29, 0.717) is 11.6 Å². The van der Waals surface area contributed by atoms with Crippen molar-refractivity contribution in [1.29, 1.82) is 0 Å². The summed E-state index contributed by atoms with van der Waals surface area (Å²) >= 11 is 1.09. The first-order valence-corrected chi connectivity index (χ1v) is 8.42. The third kappa shape index (κ3) is 3.46. The number of carboxylic acid groups (broad SMARTS) is 1. The van der Waals surface area contributed by atoms with Gasteiger partial charge in [0.2, 0.25) is 0 Å². The molecule has 0 saturated heterocycles. The molecular weight excluding hydrogens is 316 g/mol. The Morgan fingerprint density at radius 1 is 1.57 bits per heavy atom. The van der Waals surface area contributed by atoms with Gasteiger partial charge >= 0.3 is 5.97 Å². The van der Waals surface area contributed by atoms with E-state index in [9.17, 15) is 13.2 Å². The van der Waals surface area contributed by atoms with Crippen LogP contribution in [0.15, 0.2) is 22.9 Å². The van der Waals surface area contributed by atoms with Gasteiger partial charge in [0.15, 0.2) is 10.7 Å². The summed E-state index contributed by atoms with van der Waals surface area (Å²) in [6.07, 6.45) is 2.87. The maximum atomic E-state index is 12.2. The second kappa shape index (κ2) is 5.92. The van der Waals surface area contributed by atoms with Crippen molar-refractivity contribution < 1.29 is 18.3 Å². The fourth-order valence-electron chi connectivity index (χ4n) is 1.58. The summed E-state index contributed by atoms with van der Waals surface area (Å²) in [5.74, 6) is -1.14. The summed E-state index contributed by atoms with van der Waals surface area (Å²) in [6, 6.07) is -0.639. The van der Waals surface area contributed by atoms with Crippen LogP contribution in [0.4, 0.5) is 0 Å². The minimum atomic E-state index is -3.77. The van der Waals surface area contributed by atoms with E-state index in [1.807, 2.05) is 6.92 Å². The molecule has 0 aliphatic heterocycles. The van der Waals surface area contributed by atoms with Gasteiger partial charge in [0.05, 0.1) is 12.4 Å². The second-order valence-electron chi connectivity index (χ2n) is 4.26. The maximum absolute atomic E-state index is 12.2. The number of hydrogen-bond acceptors (Lipinski definition) is 6. The monoisotopic (exact) mass is 330 g/mol. The van der Waals surface area contributed by atoms with Gasteiger partial charge in [-0.25, -0.2) is 27.9 Å². The van der Waals surface area contributed by atoms with E-state index in [0.717, 1.165) is 11.3 Å². The van der Waals surface area contributed by atoms with Gasteiger partial charge in [-0.2, -0.15) is 0 Å². The summed E-state index contributed by atoms with van der Waals surface area (Å²) in [7, 11) is -3.77. The van der Waals surface area contributed by atoms with Gasteiger partial charge in [0.1, 0.15) is 5.01 Å². The molecule has 0 aliphatic carbocycles. The summed E-state index contributed by atoms with van der Waals surface area (Å²) < 4.78 is 28.4. The summed E-state index contributed by atoms with van der Waals surface area (Å²) in [6.45, 7) is 4.09. The van der Waals surface area contributed by atoms with Gasteiger partial charge in [-0.1, -0.05) is 0 Å². The number of nitrogens with one attached hydrogen (secondary N) is 1. The lowest BCUT2D eigenvalue weighted by molar-refractivity contribution is 0.0691. The molecule has 2 N–H and O–H groups in total. The van der Waals surface area contributed by atoms with Gasteiger partial charge in [-0.15, -0.1) is 11.3 Å². The molecule has 0 spiro atoms. The van der Waals surface area contributed by atoms with Gasteiger partial charge in [-0.05, 0) is 13.8 Å². The van der Waals surface area contributed by atoms with Crippen molar-refractivity contribution in [1.82, 2.24) is 19.3 Å². The molecule has 21 heavy (non-hydrogen) atoms. The molecule has 0 bridgehead atoms. The van der Waals surface area contributed by atoms with Crippen molar-refractivity contribution in [2.45, 2.75) is 31.5 Å². The molecular formula is C11H14N4O4S2. The van der Waals surface area contributed by atoms with Crippen LogP contribution in [-0.4, -0.2) is 34.0 Å². The zero-order valence-electron chi connectivity index (χ0n) is 11.3. The molecule has 1 unspecified atom stereocenters. The van der Waals surface area contributed by atoms with E-state index < -0.39 is 22.0 Å².